The molecule has 0 aliphatic heterocycles. The topological polar surface area (TPSA) is 79.2 Å². The van der Waals surface area contributed by atoms with Gasteiger partial charge in [-0.2, -0.15) is 5.26 Å². The van der Waals surface area contributed by atoms with Crippen molar-refractivity contribution in [3.05, 3.63) is 57.6 Å². The van der Waals surface area contributed by atoms with Crippen LogP contribution in [0.1, 0.15) is 21.5 Å². The highest BCUT2D eigenvalue weighted by Crippen LogP contribution is 2.27. The van der Waals surface area contributed by atoms with Crippen molar-refractivity contribution in [1.82, 2.24) is 0 Å². The Morgan fingerprint density at radius 2 is 1.78 bits per heavy atom. The fourth-order valence-corrected chi connectivity index (χ4v) is 3.10. The van der Waals surface area contributed by atoms with Crippen molar-refractivity contribution in [2.24, 2.45) is 0 Å². The highest BCUT2D eigenvalue weighted by atomic mass is 35.5. The minimum absolute atomic E-state index is 0.323. The summed E-state index contributed by atoms with van der Waals surface area (Å²) in [5.74, 6) is -4.12. The van der Waals surface area contributed by atoms with Crippen LogP contribution >= 0.6 is 23.4 Å². The van der Waals surface area contributed by atoms with Crippen molar-refractivity contribution >= 4 is 40.9 Å². The van der Waals surface area contributed by atoms with E-state index in [0.717, 1.165) is 27.8 Å². The smallest absolute Gasteiger partial charge is 0.340 e. The summed E-state index contributed by atoms with van der Waals surface area (Å²) in [6.07, 6.45) is 0. The molecule has 0 bridgehead atoms. The lowest BCUT2D eigenvalue weighted by atomic mass is 10.1. The van der Waals surface area contributed by atoms with Gasteiger partial charge in [-0.05, 0) is 61.0 Å². The molecule has 0 radical (unpaired) electrons. The second-order valence-corrected chi connectivity index (χ2v) is 6.76. The van der Waals surface area contributed by atoms with E-state index in [1.54, 1.807) is 26.0 Å². The molecule has 1 amide bonds. The van der Waals surface area contributed by atoms with Crippen LogP contribution in [0.4, 0.5) is 14.5 Å². The summed E-state index contributed by atoms with van der Waals surface area (Å²) in [7, 11) is 0. The maximum Gasteiger partial charge on any atom is 0.340 e. The standard InChI is InChI=1S/C18H13ClF2N2O3S/c1-9-3-11(27-8-22)4-10(2)17(9)23-16(24)7-26-18(25)12-5-14(20)15(21)6-13(12)19/h3-6H,7H2,1-2H3,(H,23,24). The molecule has 0 atom stereocenters. The highest BCUT2D eigenvalue weighted by molar-refractivity contribution is 8.03. The Kier molecular flexibility index (Phi) is 6.77. The molecule has 2 aromatic rings. The van der Waals surface area contributed by atoms with Crippen molar-refractivity contribution in [3.8, 4) is 5.40 Å². The molecule has 0 saturated heterocycles. The number of hydrogen-bond donors (Lipinski definition) is 1. The molecule has 0 spiro atoms. The molecule has 27 heavy (non-hydrogen) atoms. The Labute approximate surface area is 163 Å². The van der Waals surface area contributed by atoms with Gasteiger partial charge in [-0.25, -0.2) is 13.6 Å². The molecule has 0 heterocycles. The third-order valence-electron chi connectivity index (χ3n) is 3.50. The van der Waals surface area contributed by atoms with Gasteiger partial charge in [0.2, 0.25) is 0 Å². The predicted molar refractivity (Wildman–Crippen MR) is 97.7 cm³/mol. The van der Waals surface area contributed by atoms with Crippen LogP contribution in [0.2, 0.25) is 5.02 Å². The Bertz CT molecular complexity index is 937. The number of nitrogens with one attached hydrogen (secondary N) is 1. The Morgan fingerprint density at radius 1 is 1.19 bits per heavy atom. The number of thiocyanates is 1. The van der Waals surface area contributed by atoms with Gasteiger partial charge in [0.15, 0.2) is 18.2 Å². The van der Waals surface area contributed by atoms with E-state index in [0.29, 0.717) is 17.8 Å². The van der Waals surface area contributed by atoms with Gasteiger partial charge in [-0.3, -0.25) is 4.79 Å². The molecule has 2 rings (SSSR count). The van der Waals surface area contributed by atoms with Gasteiger partial charge in [0, 0.05) is 10.6 Å². The molecule has 0 saturated carbocycles. The molecule has 5 nitrogen and oxygen atoms in total. The van der Waals surface area contributed by atoms with Gasteiger partial charge in [0.1, 0.15) is 5.40 Å². The minimum atomic E-state index is -1.25. The lowest BCUT2D eigenvalue weighted by Crippen LogP contribution is -2.22. The summed E-state index contributed by atoms with van der Waals surface area (Å²) in [4.78, 5) is 24.7. The number of anilines is 1. The second-order valence-electron chi connectivity index (χ2n) is 5.50. The first kappa shape index (κ1) is 20.7. The number of nitriles is 1. The Morgan fingerprint density at radius 3 is 2.37 bits per heavy atom. The number of ether oxygens (including phenoxy) is 1. The normalized spacial score (nSPS) is 10.2. The highest BCUT2D eigenvalue weighted by Gasteiger charge is 2.18. The monoisotopic (exact) mass is 410 g/mol. The maximum absolute atomic E-state index is 13.2. The van der Waals surface area contributed by atoms with Crippen molar-refractivity contribution in [2.75, 3.05) is 11.9 Å². The van der Waals surface area contributed by atoms with E-state index < -0.39 is 30.1 Å². The lowest BCUT2D eigenvalue weighted by Gasteiger charge is -2.13. The first-order chi connectivity index (χ1) is 12.7. The van der Waals surface area contributed by atoms with E-state index in [4.69, 9.17) is 21.6 Å². The zero-order valence-corrected chi connectivity index (χ0v) is 15.8. The summed E-state index contributed by atoms with van der Waals surface area (Å²) in [5, 5.41) is 13.0. The number of amides is 1. The molecule has 0 aliphatic carbocycles. The van der Waals surface area contributed by atoms with Crippen LogP contribution in [0.15, 0.2) is 29.2 Å². The summed E-state index contributed by atoms with van der Waals surface area (Å²) in [6.45, 7) is 2.88. The first-order valence-corrected chi connectivity index (χ1v) is 8.71. The molecule has 0 aliphatic rings. The molecule has 1 N–H and O–H groups in total. The van der Waals surface area contributed by atoms with Crippen molar-refractivity contribution < 1.29 is 23.1 Å². The van der Waals surface area contributed by atoms with Gasteiger partial charge in [-0.15, -0.1) is 0 Å². The lowest BCUT2D eigenvalue weighted by molar-refractivity contribution is -0.119. The molecular formula is C18H13ClF2N2O3S. The van der Waals surface area contributed by atoms with Crippen molar-refractivity contribution in [1.29, 1.82) is 5.26 Å². The van der Waals surface area contributed by atoms with E-state index in [2.05, 4.69) is 5.32 Å². The number of hydrogen-bond acceptors (Lipinski definition) is 5. The third-order valence-corrected chi connectivity index (χ3v) is 4.37. The second kappa shape index (κ2) is 8.84. The molecule has 140 valence electrons. The van der Waals surface area contributed by atoms with E-state index in [-0.39, 0.29) is 10.6 Å². The van der Waals surface area contributed by atoms with Crippen molar-refractivity contribution in [3.63, 3.8) is 0 Å². The van der Waals surface area contributed by atoms with Crippen LogP contribution in [0.3, 0.4) is 0 Å². The average molecular weight is 411 g/mol. The van der Waals surface area contributed by atoms with Crippen LogP contribution < -0.4 is 5.32 Å². The van der Waals surface area contributed by atoms with E-state index in [1.165, 1.54) is 0 Å². The number of halogens is 3. The molecule has 9 heteroatoms. The maximum atomic E-state index is 13.2. The van der Waals surface area contributed by atoms with Gasteiger partial charge in [0.25, 0.3) is 5.91 Å². The fraction of sp³-hybridized carbons (Fsp3) is 0.167. The largest absolute Gasteiger partial charge is 0.452 e. The predicted octanol–water partition coefficient (Wildman–Crippen LogP) is 4.60. The van der Waals surface area contributed by atoms with E-state index >= 15 is 0 Å². The van der Waals surface area contributed by atoms with Crippen molar-refractivity contribution in [2.45, 2.75) is 18.7 Å². The van der Waals surface area contributed by atoms with Crippen LogP contribution in [0.5, 0.6) is 0 Å². The molecule has 0 fully saturated rings. The molecule has 2 aromatic carbocycles. The van der Waals surface area contributed by atoms with Gasteiger partial charge < -0.3 is 10.1 Å². The van der Waals surface area contributed by atoms with E-state index in [9.17, 15) is 18.4 Å². The number of rotatable bonds is 5. The zero-order chi connectivity index (χ0) is 20.1. The number of benzene rings is 2. The van der Waals surface area contributed by atoms with Crippen LogP contribution in [-0.4, -0.2) is 18.5 Å². The number of carbonyl (C=O) groups excluding carboxylic acids is 2. The average Bonchev–Trinajstić information content (AvgIpc) is 2.59. The summed E-state index contributed by atoms with van der Waals surface area (Å²) >= 11 is 6.69. The summed E-state index contributed by atoms with van der Waals surface area (Å²) in [6, 6.07) is 4.74. The third kappa shape index (κ3) is 5.18. The number of aryl methyl sites for hydroxylation is 2. The fourth-order valence-electron chi connectivity index (χ4n) is 2.30. The quantitative estimate of drug-likeness (QED) is 0.337. The number of esters is 1. The van der Waals surface area contributed by atoms with Crippen LogP contribution in [0, 0.1) is 36.1 Å². The Balaban J connectivity index is 2.04. The van der Waals surface area contributed by atoms with E-state index in [1.807, 2.05) is 5.40 Å². The minimum Gasteiger partial charge on any atom is -0.452 e. The zero-order valence-electron chi connectivity index (χ0n) is 14.2. The molecule has 0 aromatic heterocycles. The number of nitrogens with zero attached hydrogens (tertiary/aromatic N) is 1. The molecule has 0 unspecified atom stereocenters. The first-order valence-electron chi connectivity index (χ1n) is 7.51. The van der Waals surface area contributed by atoms with Gasteiger partial charge in [0.05, 0.1) is 10.6 Å². The number of thioether (sulfide) groups is 1. The van der Waals surface area contributed by atoms with Crippen LogP contribution in [-0.2, 0) is 9.53 Å². The number of carbonyl (C=O) groups is 2. The molecular weight excluding hydrogens is 398 g/mol. The Hall–Kier alpha value is -2.63. The van der Waals surface area contributed by atoms with Gasteiger partial charge in [-0.1, -0.05) is 11.6 Å². The SMILES string of the molecule is Cc1cc(SC#N)cc(C)c1NC(=O)COC(=O)c1cc(F)c(F)cc1Cl. The van der Waals surface area contributed by atoms with Crippen LogP contribution in [0.25, 0.3) is 0 Å². The summed E-state index contributed by atoms with van der Waals surface area (Å²) < 4.78 is 31.1. The van der Waals surface area contributed by atoms with Gasteiger partial charge >= 0.3 is 5.97 Å². The summed E-state index contributed by atoms with van der Waals surface area (Å²) in [5.41, 5.74) is 1.62.